The average Bonchev–Trinajstić information content (AvgIpc) is 2.52. The molecule has 1 aliphatic carbocycles. The molecule has 0 saturated heterocycles. The Morgan fingerprint density at radius 1 is 1.36 bits per heavy atom. The fraction of sp³-hybridized carbons (Fsp3) is 0.421. The van der Waals surface area contributed by atoms with Gasteiger partial charge in [-0.2, -0.15) is 0 Å². The van der Waals surface area contributed by atoms with Crippen molar-refractivity contribution < 1.29 is 4.79 Å². The van der Waals surface area contributed by atoms with Crippen LogP contribution in [0.5, 0.6) is 0 Å². The van der Waals surface area contributed by atoms with E-state index >= 15 is 0 Å². The van der Waals surface area contributed by atoms with Crippen molar-refractivity contribution in [3.63, 3.8) is 0 Å². The summed E-state index contributed by atoms with van der Waals surface area (Å²) in [6.45, 7) is 4.39. The lowest BCUT2D eigenvalue weighted by atomic mass is 9.82. The predicted octanol–water partition coefficient (Wildman–Crippen LogP) is 4.93. The molecule has 1 aromatic rings. The molecular formula is C19H24ClNO. The first-order valence-corrected chi connectivity index (χ1v) is 8.33. The van der Waals surface area contributed by atoms with Gasteiger partial charge in [-0.05, 0) is 37.3 Å². The van der Waals surface area contributed by atoms with Gasteiger partial charge in [-0.15, -0.1) is 0 Å². The maximum atomic E-state index is 12.3. The van der Waals surface area contributed by atoms with Crippen LogP contribution in [0.1, 0.15) is 49.9 Å². The number of rotatable bonds is 6. The lowest BCUT2D eigenvalue weighted by Gasteiger charge is -2.26. The molecule has 2 atom stereocenters. The molecule has 0 aromatic heterocycles. The summed E-state index contributed by atoms with van der Waals surface area (Å²) < 4.78 is 0. The summed E-state index contributed by atoms with van der Waals surface area (Å²) in [6.07, 6.45) is 7.60. The van der Waals surface area contributed by atoms with Crippen LogP contribution in [0.3, 0.4) is 0 Å². The summed E-state index contributed by atoms with van der Waals surface area (Å²) in [4.78, 5) is 12.3. The number of carbonyl (C=O) groups excluding carboxylic acids is 1. The summed E-state index contributed by atoms with van der Waals surface area (Å²) in [5.41, 5.74) is 9.62. The number of Topliss-reactive ketones (excluding diaryl/α,β-unsaturated/α-hetero) is 1. The Kier molecular flexibility index (Phi) is 5.98. The van der Waals surface area contributed by atoms with Gasteiger partial charge in [0.25, 0.3) is 0 Å². The molecular weight excluding hydrogens is 294 g/mol. The number of nitrogens with two attached hydrogens (primary N) is 1. The van der Waals surface area contributed by atoms with Gasteiger partial charge < -0.3 is 5.73 Å². The first-order chi connectivity index (χ1) is 10.5. The highest BCUT2D eigenvalue weighted by atomic mass is 35.5. The largest absolute Gasteiger partial charge is 0.324 e. The first kappa shape index (κ1) is 17.0. The van der Waals surface area contributed by atoms with Gasteiger partial charge >= 0.3 is 0 Å². The molecule has 0 radical (unpaired) electrons. The van der Waals surface area contributed by atoms with Gasteiger partial charge in [0, 0.05) is 18.0 Å². The number of carbonyl (C=O) groups is 1. The summed E-state index contributed by atoms with van der Waals surface area (Å²) >= 11 is 6.07. The van der Waals surface area contributed by atoms with Gasteiger partial charge in [0.2, 0.25) is 0 Å². The van der Waals surface area contributed by atoms with E-state index in [-0.39, 0.29) is 11.8 Å². The molecule has 1 aliphatic rings. The Morgan fingerprint density at radius 2 is 2.09 bits per heavy atom. The van der Waals surface area contributed by atoms with E-state index in [1.165, 1.54) is 11.1 Å². The van der Waals surface area contributed by atoms with E-state index in [4.69, 9.17) is 17.3 Å². The van der Waals surface area contributed by atoms with Gasteiger partial charge in [-0.1, -0.05) is 60.9 Å². The monoisotopic (exact) mass is 317 g/mol. The van der Waals surface area contributed by atoms with Crippen LogP contribution < -0.4 is 5.73 Å². The summed E-state index contributed by atoms with van der Waals surface area (Å²) in [5.74, 6) is 0.528. The third-order valence-corrected chi connectivity index (χ3v) is 4.72. The lowest BCUT2D eigenvalue weighted by Crippen LogP contribution is -2.28. The molecule has 2 N–H and O–H groups in total. The van der Waals surface area contributed by atoms with E-state index in [1.807, 2.05) is 12.1 Å². The smallest absolute Gasteiger partial charge is 0.164 e. The fourth-order valence-corrected chi connectivity index (χ4v) is 3.23. The Hall–Kier alpha value is -1.38. The number of hydrogen-bond donors (Lipinski definition) is 1. The summed E-state index contributed by atoms with van der Waals surface area (Å²) in [6, 6.07) is 7.13. The van der Waals surface area contributed by atoms with E-state index < -0.39 is 0 Å². The molecule has 22 heavy (non-hydrogen) atoms. The highest BCUT2D eigenvalue weighted by molar-refractivity contribution is 6.33. The van der Waals surface area contributed by atoms with Crippen molar-refractivity contribution in [2.45, 2.75) is 45.6 Å². The number of halogens is 1. The number of allylic oxidation sites excluding steroid dienone is 3. The van der Waals surface area contributed by atoms with E-state index in [9.17, 15) is 4.79 Å². The highest BCUT2D eigenvalue weighted by Crippen LogP contribution is 2.29. The number of hydrogen-bond acceptors (Lipinski definition) is 2. The molecule has 2 unspecified atom stereocenters. The van der Waals surface area contributed by atoms with Crippen molar-refractivity contribution in [3.8, 4) is 0 Å². The Labute approximate surface area is 138 Å². The van der Waals surface area contributed by atoms with Gasteiger partial charge in [-0.25, -0.2) is 0 Å². The van der Waals surface area contributed by atoms with Crippen LogP contribution in [0.15, 0.2) is 47.6 Å². The minimum atomic E-state index is -0.0592. The van der Waals surface area contributed by atoms with E-state index in [0.717, 1.165) is 12.8 Å². The van der Waals surface area contributed by atoms with Crippen molar-refractivity contribution >= 4 is 17.4 Å². The van der Waals surface area contributed by atoms with Gasteiger partial charge in [0.15, 0.2) is 5.78 Å². The normalized spacial score (nSPS) is 19.4. The molecule has 0 aliphatic heterocycles. The summed E-state index contributed by atoms with van der Waals surface area (Å²) in [5, 5.41) is 0.516. The lowest BCUT2D eigenvalue weighted by molar-refractivity contribution is 0.0978. The van der Waals surface area contributed by atoms with Crippen LogP contribution in [-0.4, -0.2) is 11.8 Å². The third kappa shape index (κ3) is 4.08. The van der Waals surface area contributed by atoms with Crippen LogP contribution in [0, 0.1) is 5.92 Å². The Morgan fingerprint density at radius 3 is 2.73 bits per heavy atom. The van der Waals surface area contributed by atoms with Crippen molar-refractivity contribution in [1.29, 1.82) is 0 Å². The van der Waals surface area contributed by atoms with E-state index in [1.54, 1.807) is 12.1 Å². The van der Waals surface area contributed by atoms with Crippen LogP contribution >= 0.6 is 11.6 Å². The fourth-order valence-electron chi connectivity index (χ4n) is 2.98. The molecule has 3 heteroatoms. The molecule has 2 nitrogen and oxygen atoms in total. The second kappa shape index (κ2) is 7.75. The van der Waals surface area contributed by atoms with Gasteiger partial charge in [-0.3, -0.25) is 4.79 Å². The Bertz CT molecular complexity index is 603. The molecule has 1 aromatic carbocycles. The average molecular weight is 318 g/mol. The third-order valence-electron chi connectivity index (χ3n) is 4.39. The van der Waals surface area contributed by atoms with E-state index in [2.05, 4.69) is 26.0 Å². The standard InChI is InChI=1S/C19H24ClNO/c1-3-14-8-9-15(13(2)12-14)18(21)10-11-19(22)16-6-4-5-7-17(16)20/h4-9,13,18H,3,10-12,21H2,1-2H3. The maximum absolute atomic E-state index is 12.3. The SMILES string of the molecule is CCC1=CC=C(C(N)CCC(=O)c2ccccc2Cl)C(C)C1. The van der Waals surface area contributed by atoms with Crippen molar-refractivity contribution in [2.24, 2.45) is 11.7 Å². The molecule has 0 saturated carbocycles. The minimum absolute atomic E-state index is 0.0592. The zero-order valence-corrected chi connectivity index (χ0v) is 14.1. The molecule has 0 heterocycles. The van der Waals surface area contributed by atoms with Crippen LogP contribution in [0.4, 0.5) is 0 Å². The molecule has 118 valence electrons. The minimum Gasteiger partial charge on any atom is -0.324 e. The molecule has 0 spiro atoms. The van der Waals surface area contributed by atoms with E-state index in [0.29, 0.717) is 29.3 Å². The number of benzene rings is 1. The number of ketones is 1. The van der Waals surface area contributed by atoms with Gasteiger partial charge in [0.1, 0.15) is 0 Å². The zero-order chi connectivity index (χ0) is 16.1. The van der Waals surface area contributed by atoms with Crippen molar-refractivity contribution in [2.75, 3.05) is 0 Å². The topological polar surface area (TPSA) is 43.1 Å². The molecule has 0 amide bonds. The second-order valence-electron chi connectivity index (χ2n) is 6.00. The highest BCUT2D eigenvalue weighted by Gasteiger charge is 2.21. The van der Waals surface area contributed by atoms with Crippen molar-refractivity contribution in [1.82, 2.24) is 0 Å². The van der Waals surface area contributed by atoms with Crippen LogP contribution in [0.25, 0.3) is 0 Å². The maximum Gasteiger partial charge on any atom is 0.164 e. The predicted molar refractivity (Wildman–Crippen MR) is 93.2 cm³/mol. The molecule has 0 fully saturated rings. The summed E-state index contributed by atoms with van der Waals surface area (Å²) in [7, 11) is 0. The first-order valence-electron chi connectivity index (χ1n) is 7.95. The van der Waals surface area contributed by atoms with Gasteiger partial charge in [0.05, 0.1) is 5.02 Å². The molecule has 2 rings (SSSR count). The Balaban J connectivity index is 1.97. The van der Waals surface area contributed by atoms with Crippen LogP contribution in [0.2, 0.25) is 5.02 Å². The quantitative estimate of drug-likeness (QED) is 0.756. The van der Waals surface area contributed by atoms with Crippen LogP contribution in [-0.2, 0) is 0 Å². The second-order valence-corrected chi connectivity index (χ2v) is 6.41. The van der Waals surface area contributed by atoms with Crippen molar-refractivity contribution in [3.05, 3.63) is 58.1 Å². The zero-order valence-electron chi connectivity index (χ0n) is 13.3. The molecule has 0 bridgehead atoms.